The average molecular weight is 423 g/mol. The number of fused-ring (bicyclic) bond motifs is 3. The molecule has 2 aromatic carbocycles. The maximum atomic E-state index is 11.7. The number of aromatic nitrogens is 2. The van der Waals surface area contributed by atoms with E-state index in [4.69, 9.17) is 0 Å². The van der Waals surface area contributed by atoms with Gasteiger partial charge in [0, 0.05) is 17.1 Å². The predicted molar refractivity (Wildman–Crippen MR) is 105 cm³/mol. The van der Waals surface area contributed by atoms with Gasteiger partial charge in [-0.2, -0.15) is 0 Å². The summed E-state index contributed by atoms with van der Waals surface area (Å²) in [6.07, 6.45) is 1.81. The van der Waals surface area contributed by atoms with Crippen molar-refractivity contribution >= 4 is 39.4 Å². The van der Waals surface area contributed by atoms with Crippen LogP contribution in [-0.4, -0.2) is 16.0 Å². The first-order valence-corrected chi connectivity index (χ1v) is 8.65. The zero-order valence-electron chi connectivity index (χ0n) is 13.3. The van der Waals surface area contributed by atoms with Crippen molar-refractivity contribution in [2.45, 2.75) is 25.4 Å². The highest BCUT2D eigenvalue weighted by Gasteiger charge is 2.23. The molecule has 1 unspecified atom stereocenters. The van der Waals surface area contributed by atoms with E-state index in [0.29, 0.717) is 23.6 Å². The maximum absolute atomic E-state index is 11.7. The van der Waals surface area contributed by atoms with Crippen LogP contribution in [0, 0.1) is 0 Å². The Morgan fingerprint density at radius 3 is 2.52 bits per heavy atom. The summed E-state index contributed by atoms with van der Waals surface area (Å²) in [6, 6.07) is 12.6. The van der Waals surface area contributed by atoms with E-state index < -0.39 is 11.1 Å². The second kappa shape index (κ2) is 7.15. The molecule has 1 aliphatic rings. The predicted octanol–water partition coefficient (Wildman–Crippen LogP) is 2.66. The molecular weight excluding hydrogens is 406 g/mol. The summed E-state index contributed by atoms with van der Waals surface area (Å²) in [7, 11) is 0. The molecule has 1 aliphatic heterocycles. The molecule has 130 valence electrons. The number of benzene rings is 2. The summed E-state index contributed by atoms with van der Waals surface area (Å²) in [5, 5.41) is 3.54. The SMILES string of the molecule is Cl.O=c1[nH]c2cc(Br)c3c(c2[nH]c1=O)CNC(Cc1ccccc1)C3. The molecule has 0 radical (unpaired) electrons. The monoisotopic (exact) mass is 421 g/mol. The minimum absolute atomic E-state index is 0. The van der Waals surface area contributed by atoms with Crippen LogP contribution in [0.3, 0.4) is 0 Å². The van der Waals surface area contributed by atoms with E-state index in [1.54, 1.807) is 0 Å². The zero-order valence-corrected chi connectivity index (χ0v) is 15.7. The van der Waals surface area contributed by atoms with E-state index in [9.17, 15) is 9.59 Å². The standard InChI is InChI=1S/C18H16BrN3O2.ClH/c19-14-8-15-16(22-18(24)17(23)21-15)13-9-20-11(7-12(13)14)6-10-4-2-1-3-5-10;/h1-5,8,11,20H,6-7,9H2,(H,21,23)(H,22,24);1H. The summed E-state index contributed by atoms with van der Waals surface area (Å²) >= 11 is 3.62. The van der Waals surface area contributed by atoms with Crippen LogP contribution in [0.4, 0.5) is 0 Å². The van der Waals surface area contributed by atoms with Gasteiger partial charge >= 0.3 is 11.1 Å². The lowest BCUT2D eigenvalue weighted by Crippen LogP contribution is -2.38. The van der Waals surface area contributed by atoms with Gasteiger partial charge in [0.05, 0.1) is 11.0 Å². The summed E-state index contributed by atoms with van der Waals surface area (Å²) in [4.78, 5) is 28.6. The molecule has 0 fully saturated rings. The fourth-order valence-electron chi connectivity index (χ4n) is 3.36. The summed E-state index contributed by atoms with van der Waals surface area (Å²) in [5.74, 6) is 0. The molecule has 5 nitrogen and oxygen atoms in total. The van der Waals surface area contributed by atoms with E-state index in [1.807, 2.05) is 12.1 Å². The van der Waals surface area contributed by atoms with Crippen molar-refractivity contribution in [3.63, 3.8) is 0 Å². The molecule has 0 spiro atoms. The first kappa shape index (κ1) is 17.9. The molecule has 0 aliphatic carbocycles. The van der Waals surface area contributed by atoms with Crippen molar-refractivity contribution in [2.75, 3.05) is 0 Å². The summed E-state index contributed by atoms with van der Waals surface area (Å²) in [6.45, 7) is 0.657. The Bertz CT molecular complexity index is 1030. The largest absolute Gasteiger partial charge is 0.316 e. The smallest absolute Gasteiger partial charge is 0.314 e. The minimum Gasteiger partial charge on any atom is -0.316 e. The number of aromatic amines is 2. The second-order valence-electron chi connectivity index (χ2n) is 6.12. The highest BCUT2D eigenvalue weighted by Crippen LogP contribution is 2.31. The van der Waals surface area contributed by atoms with Gasteiger partial charge < -0.3 is 15.3 Å². The number of rotatable bonds is 2. The molecule has 0 saturated carbocycles. The van der Waals surface area contributed by atoms with Gasteiger partial charge in [0.2, 0.25) is 0 Å². The molecule has 0 bridgehead atoms. The van der Waals surface area contributed by atoms with Crippen molar-refractivity contribution < 1.29 is 0 Å². The Kier molecular flexibility index (Phi) is 5.13. The van der Waals surface area contributed by atoms with Crippen molar-refractivity contribution in [1.82, 2.24) is 15.3 Å². The third-order valence-corrected chi connectivity index (χ3v) is 5.24. The summed E-state index contributed by atoms with van der Waals surface area (Å²) in [5.41, 5.74) is 3.64. The molecule has 25 heavy (non-hydrogen) atoms. The van der Waals surface area contributed by atoms with Gasteiger partial charge in [-0.05, 0) is 35.6 Å². The van der Waals surface area contributed by atoms with Crippen LogP contribution in [0.15, 0.2) is 50.5 Å². The number of halogens is 2. The number of H-pyrrole nitrogens is 2. The highest BCUT2D eigenvalue weighted by atomic mass is 79.9. The Labute approximate surface area is 158 Å². The molecule has 0 amide bonds. The number of nitrogens with one attached hydrogen (secondary N) is 3. The van der Waals surface area contributed by atoms with E-state index in [2.05, 4.69) is 55.5 Å². The molecular formula is C18H17BrClN3O2. The molecule has 1 aromatic heterocycles. The number of hydrogen-bond acceptors (Lipinski definition) is 3. The molecule has 4 rings (SSSR count). The topological polar surface area (TPSA) is 77.8 Å². The Morgan fingerprint density at radius 1 is 1.04 bits per heavy atom. The molecule has 3 aromatic rings. The Balaban J connectivity index is 0.00000182. The lowest BCUT2D eigenvalue weighted by molar-refractivity contribution is 0.477. The normalized spacial score (nSPS) is 16.3. The lowest BCUT2D eigenvalue weighted by Gasteiger charge is -2.28. The van der Waals surface area contributed by atoms with Crippen LogP contribution in [0.5, 0.6) is 0 Å². The van der Waals surface area contributed by atoms with E-state index >= 15 is 0 Å². The number of hydrogen-bond donors (Lipinski definition) is 3. The Morgan fingerprint density at radius 2 is 1.76 bits per heavy atom. The second-order valence-corrected chi connectivity index (χ2v) is 6.97. The third-order valence-electron chi connectivity index (χ3n) is 4.53. The van der Waals surface area contributed by atoms with Gasteiger partial charge in [0.25, 0.3) is 0 Å². The first-order valence-electron chi connectivity index (χ1n) is 7.85. The van der Waals surface area contributed by atoms with Crippen molar-refractivity contribution in [1.29, 1.82) is 0 Å². The van der Waals surface area contributed by atoms with Gasteiger partial charge in [-0.25, -0.2) is 0 Å². The van der Waals surface area contributed by atoms with Gasteiger partial charge in [-0.1, -0.05) is 46.3 Å². The third kappa shape index (κ3) is 3.42. The maximum Gasteiger partial charge on any atom is 0.314 e. The highest BCUT2D eigenvalue weighted by molar-refractivity contribution is 9.10. The van der Waals surface area contributed by atoms with Gasteiger partial charge in [-0.3, -0.25) is 9.59 Å². The minimum atomic E-state index is -0.625. The van der Waals surface area contributed by atoms with Crippen molar-refractivity contribution in [3.05, 3.63) is 78.3 Å². The molecule has 3 N–H and O–H groups in total. The van der Waals surface area contributed by atoms with E-state index in [0.717, 1.165) is 22.9 Å². The van der Waals surface area contributed by atoms with E-state index in [1.165, 1.54) is 11.1 Å². The van der Waals surface area contributed by atoms with Crippen molar-refractivity contribution in [2.24, 2.45) is 0 Å². The van der Waals surface area contributed by atoms with Gasteiger partial charge in [-0.15, -0.1) is 12.4 Å². The van der Waals surface area contributed by atoms with Gasteiger partial charge in [0.1, 0.15) is 0 Å². The Hall–Kier alpha value is -1.89. The van der Waals surface area contributed by atoms with Crippen LogP contribution in [-0.2, 0) is 19.4 Å². The molecule has 2 heterocycles. The first-order chi connectivity index (χ1) is 11.6. The average Bonchev–Trinajstić information content (AvgIpc) is 2.58. The lowest BCUT2D eigenvalue weighted by atomic mass is 9.91. The van der Waals surface area contributed by atoms with Crippen LogP contribution in [0.2, 0.25) is 0 Å². The van der Waals surface area contributed by atoms with Crippen LogP contribution in [0.1, 0.15) is 16.7 Å². The van der Waals surface area contributed by atoms with Crippen LogP contribution >= 0.6 is 28.3 Å². The fraction of sp³-hybridized carbons (Fsp3) is 0.222. The van der Waals surface area contributed by atoms with Crippen LogP contribution < -0.4 is 16.4 Å². The fourth-order valence-corrected chi connectivity index (χ4v) is 3.99. The van der Waals surface area contributed by atoms with Crippen molar-refractivity contribution in [3.8, 4) is 0 Å². The molecule has 7 heteroatoms. The zero-order chi connectivity index (χ0) is 16.7. The van der Waals surface area contributed by atoms with Crippen LogP contribution in [0.25, 0.3) is 11.0 Å². The summed E-state index contributed by atoms with van der Waals surface area (Å²) < 4.78 is 0.965. The molecule has 1 atom stereocenters. The quantitative estimate of drug-likeness (QED) is 0.556. The molecule has 0 saturated heterocycles. The van der Waals surface area contributed by atoms with E-state index in [-0.39, 0.29) is 12.4 Å². The van der Waals surface area contributed by atoms with Gasteiger partial charge in [0.15, 0.2) is 0 Å².